The van der Waals surface area contributed by atoms with E-state index in [1.807, 2.05) is 12.2 Å². The average Bonchev–Trinajstić information content (AvgIpc) is 2.50. The van der Waals surface area contributed by atoms with Gasteiger partial charge in [-0.25, -0.2) is 0 Å². The van der Waals surface area contributed by atoms with Crippen molar-refractivity contribution in [3.63, 3.8) is 0 Å². The van der Waals surface area contributed by atoms with E-state index in [2.05, 4.69) is 42.5 Å². The van der Waals surface area contributed by atoms with Gasteiger partial charge in [0, 0.05) is 13.6 Å². The largest absolute Gasteiger partial charge is 0.345 e. The molecule has 1 aromatic carbocycles. The van der Waals surface area contributed by atoms with E-state index >= 15 is 0 Å². The molecule has 0 aliphatic carbocycles. The Hall–Kier alpha value is -1.83. The number of allylic oxidation sites excluding steroid dienone is 3. The third kappa shape index (κ3) is 8.30. The SMILES string of the molecule is CN(C=O)CC=CC=CCCCCCc1ccccc1. The Balaban J connectivity index is 1.98. The summed E-state index contributed by atoms with van der Waals surface area (Å²) in [6.07, 6.45) is 15.2. The number of hydrogen-bond donors (Lipinski definition) is 0. The summed E-state index contributed by atoms with van der Waals surface area (Å²) in [7, 11) is 1.77. The van der Waals surface area contributed by atoms with Crippen LogP contribution in [0.25, 0.3) is 0 Å². The molecule has 0 bridgehead atoms. The molecule has 2 nitrogen and oxygen atoms in total. The van der Waals surface area contributed by atoms with Crippen molar-refractivity contribution in [2.45, 2.75) is 32.1 Å². The first kappa shape index (κ1) is 16.2. The molecule has 0 radical (unpaired) electrons. The molecule has 20 heavy (non-hydrogen) atoms. The van der Waals surface area contributed by atoms with E-state index in [1.54, 1.807) is 11.9 Å². The van der Waals surface area contributed by atoms with Crippen LogP contribution < -0.4 is 0 Å². The van der Waals surface area contributed by atoms with Gasteiger partial charge in [0.2, 0.25) is 6.41 Å². The van der Waals surface area contributed by atoms with E-state index < -0.39 is 0 Å². The van der Waals surface area contributed by atoms with E-state index in [4.69, 9.17) is 0 Å². The molecular formula is C18H25NO. The molecule has 0 saturated heterocycles. The van der Waals surface area contributed by atoms with Crippen molar-refractivity contribution in [3.05, 3.63) is 60.2 Å². The quantitative estimate of drug-likeness (QED) is 0.358. The lowest BCUT2D eigenvalue weighted by molar-refractivity contribution is -0.116. The number of aryl methyl sites for hydroxylation is 1. The monoisotopic (exact) mass is 271 g/mol. The maximum atomic E-state index is 10.3. The maximum absolute atomic E-state index is 10.3. The van der Waals surface area contributed by atoms with E-state index in [0.29, 0.717) is 6.54 Å². The molecule has 0 aromatic heterocycles. The fraction of sp³-hybridized carbons (Fsp3) is 0.389. The van der Waals surface area contributed by atoms with Crippen LogP contribution in [0.1, 0.15) is 31.2 Å². The minimum atomic E-state index is 0.672. The zero-order valence-electron chi connectivity index (χ0n) is 12.4. The first-order valence-corrected chi connectivity index (χ1v) is 7.34. The zero-order valence-corrected chi connectivity index (χ0v) is 12.4. The predicted octanol–water partition coefficient (Wildman–Crippen LogP) is 3.99. The number of carbonyl (C=O) groups is 1. The Kier molecular flexibility index (Phi) is 8.95. The van der Waals surface area contributed by atoms with Crippen LogP contribution in [0.3, 0.4) is 0 Å². The van der Waals surface area contributed by atoms with Crippen LogP contribution in [0.15, 0.2) is 54.6 Å². The Morgan fingerprint density at radius 3 is 2.50 bits per heavy atom. The highest BCUT2D eigenvalue weighted by Gasteiger charge is 1.91. The summed E-state index contributed by atoms with van der Waals surface area (Å²) in [5.74, 6) is 0. The summed E-state index contributed by atoms with van der Waals surface area (Å²) >= 11 is 0. The first-order chi connectivity index (χ1) is 9.83. The Bertz CT molecular complexity index is 409. The number of hydrogen-bond acceptors (Lipinski definition) is 1. The highest BCUT2D eigenvalue weighted by molar-refractivity contribution is 5.46. The van der Waals surface area contributed by atoms with Gasteiger partial charge in [-0.05, 0) is 31.2 Å². The third-order valence-electron chi connectivity index (χ3n) is 3.14. The molecule has 1 aromatic rings. The van der Waals surface area contributed by atoms with Crippen molar-refractivity contribution in [2.75, 3.05) is 13.6 Å². The smallest absolute Gasteiger partial charge is 0.209 e. The van der Waals surface area contributed by atoms with Crippen molar-refractivity contribution < 1.29 is 4.79 Å². The first-order valence-electron chi connectivity index (χ1n) is 7.34. The Morgan fingerprint density at radius 1 is 1.00 bits per heavy atom. The molecule has 0 fully saturated rings. The van der Waals surface area contributed by atoms with Gasteiger partial charge in [0.05, 0.1) is 0 Å². The van der Waals surface area contributed by atoms with Crippen LogP contribution in [-0.2, 0) is 11.2 Å². The van der Waals surface area contributed by atoms with Crippen molar-refractivity contribution in [3.8, 4) is 0 Å². The number of nitrogens with zero attached hydrogens (tertiary/aromatic N) is 1. The number of benzene rings is 1. The van der Waals surface area contributed by atoms with Crippen LogP contribution in [0.2, 0.25) is 0 Å². The lowest BCUT2D eigenvalue weighted by Crippen LogP contribution is -2.14. The molecule has 0 unspecified atom stereocenters. The average molecular weight is 271 g/mol. The van der Waals surface area contributed by atoms with Crippen LogP contribution in [-0.4, -0.2) is 24.9 Å². The van der Waals surface area contributed by atoms with Crippen LogP contribution >= 0.6 is 0 Å². The molecule has 0 aliphatic rings. The Labute approximate surface area is 122 Å². The van der Waals surface area contributed by atoms with Gasteiger partial charge in [-0.15, -0.1) is 0 Å². The second-order valence-corrected chi connectivity index (χ2v) is 4.99. The molecule has 0 spiro atoms. The molecule has 0 saturated carbocycles. The summed E-state index contributed by atoms with van der Waals surface area (Å²) in [5, 5.41) is 0. The van der Waals surface area contributed by atoms with Crippen LogP contribution in [0.5, 0.6) is 0 Å². The second kappa shape index (κ2) is 11.0. The molecular weight excluding hydrogens is 246 g/mol. The molecule has 1 amide bonds. The summed E-state index contributed by atoms with van der Waals surface area (Å²) in [5.41, 5.74) is 1.44. The highest BCUT2D eigenvalue weighted by Crippen LogP contribution is 2.07. The third-order valence-corrected chi connectivity index (χ3v) is 3.14. The fourth-order valence-electron chi connectivity index (χ4n) is 1.94. The fourth-order valence-corrected chi connectivity index (χ4v) is 1.94. The summed E-state index contributed by atoms with van der Waals surface area (Å²) in [4.78, 5) is 12.0. The number of amides is 1. The van der Waals surface area contributed by atoms with Gasteiger partial charge in [0.1, 0.15) is 0 Å². The highest BCUT2D eigenvalue weighted by atomic mass is 16.1. The summed E-state index contributed by atoms with van der Waals surface area (Å²) in [6.45, 7) is 0.672. The van der Waals surface area contributed by atoms with Gasteiger partial charge in [0.15, 0.2) is 0 Å². The van der Waals surface area contributed by atoms with Gasteiger partial charge in [0.25, 0.3) is 0 Å². The van der Waals surface area contributed by atoms with Gasteiger partial charge in [-0.2, -0.15) is 0 Å². The van der Waals surface area contributed by atoms with Gasteiger partial charge in [-0.3, -0.25) is 4.79 Å². The molecule has 0 heterocycles. The van der Waals surface area contributed by atoms with Gasteiger partial charge >= 0.3 is 0 Å². The lowest BCUT2D eigenvalue weighted by atomic mass is 10.1. The number of rotatable bonds is 10. The number of unbranched alkanes of at least 4 members (excludes halogenated alkanes) is 3. The minimum Gasteiger partial charge on any atom is -0.345 e. The zero-order chi connectivity index (χ0) is 14.5. The van der Waals surface area contributed by atoms with E-state index in [1.165, 1.54) is 31.2 Å². The van der Waals surface area contributed by atoms with Gasteiger partial charge in [-0.1, -0.05) is 61.1 Å². The normalized spacial score (nSPS) is 11.2. The maximum Gasteiger partial charge on any atom is 0.209 e. The minimum absolute atomic E-state index is 0.672. The topological polar surface area (TPSA) is 20.3 Å². The molecule has 0 N–H and O–H groups in total. The summed E-state index contributed by atoms with van der Waals surface area (Å²) in [6, 6.07) is 10.7. The lowest BCUT2D eigenvalue weighted by Gasteiger charge is -2.04. The molecule has 1 rings (SSSR count). The van der Waals surface area contributed by atoms with Gasteiger partial charge < -0.3 is 4.90 Å². The van der Waals surface area contributed by atoms with E-state index in [-0.39, 0.29) is 0 Å². The van der Waals surface area contributed by atoms with Crippen molar-refractivity contribution in [2.24, 2.45) is 0 Å². The van der Waals surface area contributed by atoms with E-state index in [9.17, 15) is 4.79 Å². The van der Waals surface area contributed by atoms with Crippen molar-refractivity contribution >= 4 is 6.41 Å². The standard InChI is InChI=1S/C18H25NO/c1-19(17-20)16-12-7-5-3-2-4-6-9-13-18-14-10-8-11-15-18/h3,5,7-8,10-12,14-15,17H,2,4,6,9,13,16H2,1H3. The molecule has 0 aliphatic heterocycles. The molecule has 0 atom stereocenters. The number of carbonyl (C=O) groups excluding carboxylic acids is 1. The summed E-state index contributed by atoms with van der Waals surface area (Å²) < 4.78 is 0. The van der Waals surface area contributed by atoms with Crippen LogP contribution in [0, 0.1) is 0 Å². The van der Waals surface area contributed by atoms with Crippen LogP contribution in [0.4, 0.5) is 0 Å². The van der Waals surface area contributed by atoms with Crippen molar-refractivity contribution in [1.29, 1.82) is 0 Å². The second-order valence-electron chi connectivity index (χ2n) is 4.99. The molecule has 2 heteroatoms. The molecule has 108 valence electrons. The van der Waals surface area contributed by atoms with Crippen molar-refractivity contribution in [1.82, 2.24) is 4.90 Å². The predicted molar refractivity (Wildman–Crippen MR) is 85.6 cm³/mol. The Morgan fingerprint density at radius 2 is 1.75 bits per heavy atom. The number of likely N-dealkylation sites (N-methyl/N-ethyl adjacent to an activating group) is 1. The van der Waals surface area contributed by atoms with E-state index in [0.717, 1.165) is 12.8 Å².